The average molecular weight is 266 g/mol. The predicted molar refractivity (Wildman–Crippen MR) is 79.8 cm³/mol. The summed E-state index contributed by atoms with van der Waals surface area (Å²) in [7, 11) is 0. The Morgan fingerprint density at radius 2 is 1.68 bits per heavy atom. The molecule has 0 saturated heterocycles. The van der Waals surface area contributed by atoms with E-state index in [-0.39, 0.29) is 17.5 Å². The molecule has 1 aliphatic rings. The topological polar surface area (TPSA) is 26.3 Å². The number of esters is 1. The third-order valence-electron chi connectivity index (χ3n) is 5.14. The molecule has 0 spiro atoms. The first-order valence-corrected chi connectivity index (χ1v) is 7.51. The standard InChI is InChI=1S/C17H30O2/c1-9-17(7,8)16(18)19-15-13(6)11(4)12(5)14(15)10(2)3/h11-13,15H,9H2,1-8H3. The lowest BCUT2D eigenvalue weighted by molar-refractivity contribution is -0.159. The van der Waals surface area contributed by atoms with Gasteiger partial charge in [-0.05, 0) is 51.5 Å². The Kier molecular flexibility index (Phi) is 4.86. The van der Waals surface area contributed by atoms with Crippen molar-refractivity contribution >= 4 is 5.97 Å². The Morgan fingerprint density at radius 3 is 2.11 bits per heavy atom. The molecule has 1 saturated carbocycles. The van der Waals surface area contributed by atoms with Gasteiger partial charge in [-0.3, -0.25) is 4.79 Å². The van der Waals surface area contributed by atoms with Crippen LogP contribution in [0.3, 0.4) is 0 Å². The maximum atomic E-state index is 12.3. The molecule has 0 heterocycles. The van der Waals surface area contributed by atoms with E-state index in [0.29, 0.717) is 17.8 Å². The minimum Gasteiger partial charge on any atom is -0.457 e. The zero-order valence-electron chi connectivity index (χ0n) is 13.8. The molecule has 19 heavy (non-hydrogen) atoms. The predicted octanol–water partition coefficient (Wildman–Crippen LogP) is 4.59. The Hall–Kier alpha value is -0.790. The van der Waals surface area contributed by atoms with Gasteiger partial charge in [0.2, 0.25) is 0 Å². The summed E-state index contributed by atoms with van der Waals surface area (Å²) >= 11 is 0. The third-order valence-corrected chi connectivity index (χ3v) is 5.14. The zero-order valence-corrected chi connectivity index (χ0v) is 13.8. The molecule has 1 fully saturated rings. The van der Waals surface area contributed by atoms with E-state index >= 15 is 0 Å². The number of carbonyl (C=O) groups is 1. The summed E-state index contributed by atoms with van der Waals surface area (Å²) in [6.45, 7) is 16.9. The molecule has 0 aromatic heterocycles. The molecule has 0 amide bonds. The van der Waals surface area contributed by atoms with E-state index in [1.165, 1.54) is 11.1 Å². The van der Waals surface area contributed by atoms with Gasteiger partial charge >= 0.3 is 5.97 Å². The summed E-state index contributed by atoms with van der Waals surface area (Å²) in [5.41, 5.74) is 2.25. The van der Waals surface area contributed by atoms with Crippen molar-refractivity contribution in [1.29, 1.82) is 0 Å². The second-order valence-electron chi connectivity index (χ2n) is 7.03. The zero-order chi connectivity index (χ0) is 15.0. The highest BCUT2D eigenvalue weighted by atomic mass is 16.5. The van der Waals surface area contributed by atoms with E-state index in [1.807, 2.05) is 20.8 Å². The summed E-state index contributed by atoms with van der Waals surface area (Å²) in [6.07, 6.45) is 0.774. The highest BCUT2D eigenvalue weighted by Crippen LogP contribution is 2.44. The first-order valence-electron chi connectivity index (χ1n) is 7.51. The number of hydrogen-bond acceptors (Lipinski definition) is 2. The van der Waals surface area contributed by atoms with Gasteiger partial charge in [0.15, 0.2) is 0 Å². The normalized spacial score (nSPS) is 31.5. The number of hydrogen-bond donors (Lipinski definition) is 0. The first kappa shape index (κ1) is 16.3. The van der Waals surface area contributed by atoms with Crippen LogP contribution in [-0.2, 0) is 9.53 Å². The van der Waals surface area contributed by atoms with Crippen LogP contribution >= 0.6 is 0 Å². The van der Waals surface area contributed by atoms with E-state index in [4.69, 9.17) is 4.74 Å². The first-order chi connectivity index (χ1) is 8.63. The smallest absolute Gasteiger partial charge is 0.312 e. The van der Waals surface area contributed by atoms with Crippen molar-refractivity contribution in [2.45, 2.75) is 67.9 Å². The van der Waals surface area contributed by atoms with Crippen LogP contribution in [0.1, 0.15) is 61.8 Å². The van der Waals surface area contributed by atoms with Crippen molar-refractivity contribution in [1.82, 2.24) is 0 Å². The lowest BCUT2D eigenvalue weighted by Crippen LogP contribution is -2.32. The van der Waals surface area contributed by atoms with Gasteiger partial charge in [0, 0.05) is 5.92 Å². The van der Waals surface area contributed by atoms with Crippen molar-refractivity contribution in [3.05, 3.63) is 11.1 Å². The minimum atomic E-state index is -0.387. The van der Waals surface area contributed by atoms with E-state index in [0.717, 1.165) is 6.42 Å². The molecular formula is C17H30O2. The van der Waals surface area contributed by atoms with E-state index in [9.17, 15) is 4.79 Å². The second-order valence-corrected chi connectivity index (χ2v) is 7.03. The summed E-state index contributed by atoms with van der Waals surface area (Å²) in [4.78, 5) is 12.3. The Balaban J connectivity index is 2.99. The molecule has 0 aromatic carbocycles. The molecule has 110 valence electrons. The molecule has 4 atom stereocenters. The summed E-state index contributed by atoms with van der Waals surface area (Å²) in [5.74, 6) is 1.40. The monoisotopic (exact) mass is 266 g/mol. The second kappa shape index (κ2) is 5.68. The van der Waals surface area contributed by atoms with Crippen LogP contribution in [-0.4, -0.2) is 12.1 Å². The maximum Gasteiger partial charge on any atom is 0.312 e. The van der Waals surface area contributed by atoms with Gasteiger partial charge < -0.3 is 4.74 Å². The van der Waals surface area contributed by atoms with Gasteiger partial charge in [0.25, 0.3) is 0 Å². The molecule has 0 aromatic rings. The van der Waals surface area contributed by atoms with Crippen LogP contribution in [0.5, 0.6) is 0 Å². The SMILES string of the molecule is CCC(C)(C)C(=O)OC1C(=C(C)C)C(C)C(C)C1C. The van der Waals surface area contributed by atoms with Crippen molar-refractivity contribution in [3.8, 4) is 0 Å². The number of ether oxygens (including phenoxy) is 1. The lowest BCUT2D eigenvalue weighted by atomic mass is 9.90. The number of allylic oxidation sites excluding steroid dienone is 1. The van der Waals surface area contributed by atoms with E-state index in [1.54, 1.807) is 0 Å². The molecule has 0 bridgehead atoms. The molecular weight excluding hydrogens is 236 g/mol. The molecule has 2 heteroatoms. The lowest BCUT2D eigenvalue weighted by Gasteiger charge is -2.27. The summed E-state index contributed by atoms with van der Waals surface area (Å²) in [6, 6.07) is 0. The molecule has 2 nitrogen and oxygen atoms in total. The molecule has 1 rings (SSSR count). The Labute approximate surface area is 118 Å². The fourth-order valence-corrected chi connectivity index (χ4v) is 2.89. The summed E-state index contributed by atoms with van der Waals surface area (Å²) in [5, 5.41) is 0. The van der Waals surface area contributed by atoms with Crippen LogP contribution in [0.15, 0.2) is 11.1 Å². The summed E-state index contributed by atoms with van der Waals surface area (Å²) < 4.78 is 5.90. The molecule has 0 aliphatic heterocycles. The Bertz CT molecular complexity index is 375. The van der Waals surface area contributed by atoms with Crippen molar-refractivity contribution in [3.63, 3.8) is 0 Å². The van der Waals surface area contributed by atoms with Gasteiger partial charge in [0.05, 0.1) is 5.41 Å². The number of carbonyl (C=O) groups excluding carboxylic acids is 1. The van der Waals surface area contributed by atoms with Crippen LogP contribution in [0, 0.1) is 23.2 Å². The highest BCUT2D eigenvalue weighted by Gasteiger charge is 2.44. The minimum absolute atomic E-state index is 0.0340. The largest absolute Gasteiger partial charge is 0.457 e. The van der Waals surface area contributed by atoms with Crippen molar-refractivity contribution < 1.29 is 9.53 Å². The maximum absolute atomic E-state index is 12.3. The van der Waals surface area contributed by atoms with Gasteiger partial charge in [-0.25, -0.2) is 0 Å². The highest BCUT2D eigenvalue weighted by molar-refractivity contribution is 5.76. The van der Waals surface area contributed by atoms with Gasteiger partial charge in [0.1, 0.15) is 6.10 Å². The third kappa shape index (κ3) is 3.04. The Morgan fingerprint density at radius 1 is 1.16 bits per heavy atom. The van der Waals surface area contributed by atoms with E-state index in [2.05, 4.69) is 34.6 Å². The van der Waals surface area contributed by atoms with Crippen LogP contribution in [0.2, 0.25) is 0 Å². The molecule has 0 N–H and O–H groups in total. The van der Waals surface area contributed by atoms with Crippen molar-refractivity contribution in [2.24, 2.45) is 23.2 Å². The van der Waals surface area contributed by atoms with Gasteiger partial charge in [-0.15, -0.1) is 0 Å². The van der Waals surface area contributed by atoms with Crippen LogP contribution in [0.4, 0.5) is 0 Å². The van der Waals surface area contributed by atoms with E-state index < -0.39 is 0 Å². The number of rotatable bonds is 3. The molecule has 1 aliphatic carbocycles. The average Bonchev–Trinajstić information content (AvgIpc) is 2.54. The van der Waals surface area contributed by atoms with Crippen LogP contribution < -0.4 is 0 Å². The fourth-order valence-electron chi connectivity index (χ4n) is 2.89. The van der Waals surface area contributed by atoms with Gasteiger partial charge in [-0.2, -0.15) is 0 Å². The molecule has 0 radical (unpaired) electrons. The quantitative estimate of drug-likeness (QED) is 0.551. The van der Waals surface area contributed by atoms with Crippen molar-refractivity contribution in [2.75, 3.05) is 0 Å². The van der Waals surface area contributed by atoms with Crippen LogP contribution in [0.25, 0.3) is 0 Å². The fraction of sp³-hybridized carbons (Fsp3) is 0.824. The molecule has 4 unspecified atom stereocenters. The van der Waals surface area contributed by atoms with Gasteiger partial charge in [-0.1, -0.05) is 33.3 Å².